The average Bonchev–Trinajstić information content (AvgIpc) is 2.29. The molecule has 1 aliphatic rings. The molecule has 0 saturated carbocycles. The minimum absolute atomic E-state index is 0.200. The van der Waals surface area contributed by atoms with Crippen LogP contribution in [0.2, 0.25) is 0 Å². The van der Waals surface area contributed by atoms with Gasteiger partial charge in [0.1, 0.15) is 0 Å². The zero-order valence-corrected chi connectivity index (χ0v) is 11.9. The Labute approximate surface area is 110 Å². The van der Waals surface area contributed by atoms with Gasteiger partial charge < -0.3 is 4.74 Å². The highest BCUT2D eigenvalue weighted by Crippen LogP contribution is 2.29. The van der Waals surface area contributed by atoms with Gasteiger partial charge in [-0.05, 0) is 11.6 Å². The van der Waals surface area contributed by atoms with Crippen molar-refractivity contribution in [3.8, 4) is 0 Å². The van der Waals surface area contributed by atoms with Crippen molar-refractivity contribution in [2.24, 2.45) is 0 Å². The highest BCUT2D eigenvalue weighted by molar-refractivity contribution is 9.10. The second-order valence-corrected chi connectivity index (χ2v) is 6.84. The Morgan fingerprint density at radius 3 is 2.76 bits per heavy atom. The van der Waals surface area contributed by atoms with Crippen LogP contribution in [0.3, 0.4) is 0 Å². The molecule has 1 aliphatic heterocycles. The summed E-state index contributed by atoms with van der Waals surface area (Å²) in [6.45, 7) is 1.24. The quantitative estimate of drug-likeness (QED) is 0.834. The van der Waals surface area contributed by atoms with E-state index in [2.05, 4.69) is 15.9 Å². The van der Waals surface area contributed by atoms with Gasteiger partial charge in [0.15, 0.2) is 0 Å². The number of sulfonamides is 1. The number of ether oxygens (including phenoxy) is 1. The molecule has 1 aromatic carbocycles. The first-order valence-electron chi connectivity index (χ1n) is 5.29. The maximum atomic E-state index is 11.5. The summed E-state index contributed by atoms with van der Waals surface area (Å²) in [6, 6.07) is 7.71. The Bertz CT molecular complexity index is 503. The topological polar surface area (TPSA) is 46.6 Å². The highest BCUT2D eigenvalue weighted by Gasteiger charge is 2.28. The molecule has 0 aliphatic carbocycles. The van der Waals surface area contributed by atoms with Crippen molar-refractivity contribution < 1.29 is 13.2 Å². The van der Waals surface area contributed by atoms with Crippen molar-refractivity contribution in [3.05, 3.63) is 34.3 Å². The first-order valence-corrected chi connectivity index (χ1v) is 7.94. The van der Waals surface area contributed by atoms with Gasteiger partial charge in [0.2, 0.25) is 10.0 Å². The number of hydrogen-bond donors (Lipinski definition) is 0. The Balaban J connectivity index is 2.21. The average molecular weight is 320 g/mol. The maximum Gasteiger partial charge on any atom is 0.211 e. The molecule has 0 aromatic heterocycles. The van der Waals surface area contributed by atoms with Gasteiger partial charge in [-0.15, -0.1) is 0 Å². The summed E-state index contributed by atoms with van der Waals surface area (Å²) in [6.07, 6.45) is 1.03. The van der Waals surface area contributed by atoms with E-state index in [1.54, 1.807) is 0 Å². The van der Waals surface area contributed by atoms with Crippen molar-refractivity contribution in [2.75, 3.05) is 26.0 Å². The van der Waals surface area contributed by atoms with E-state index in [-0.39, 0.29) is 6.10 Å². The van der Waals surface area contributed by atoms with Crippen LogP contribution in [0, 0.1) is 0 Å². The van der Waals surface area contributed by atoms with Crippen molar-refractivity contribution in [1.29, 1.82) is 0 Å². The predicted octanol–water partition coefficient (Wildman–Crippen LogP) is 1.78. The Morgan fingerprint density at radius 2 is 2.12 bits per heavy atom. The molecule has 0 unspecified atom stereocenters. The summed E-state index contributed by atoms with van der Waals surface area (Å²) >= 11 is 3.45. The molecule has 94 valence electrons. The fourth-order valence-corrected chi connectivity index (χ4v) is 3.20. The molecule has 0 spiro atoms. The fourth-order valence-electron chi connectivity index (χ4n) is 1.85. The molecular weight excluding hydrogens is 306 g/mol. The van der Waals surface area contributed by atoms with Gasteiger partial charge in [-0.25, -0.2) is 8.42 Å². The van der Waals surface area contributed by atoms with Crippen molar-refractivity contribution in [3.63, 3.8) is 0 Å². The molecule has 0 amide bonds. The molecule has 0 bridgehead atoms. The molecule has 0 radical (unpaired) electrons. The maximum absolute atomic E-state index is 11.5. The summed E-state index contributed by atoms with van der Waals surface area (Å²) < 4.78 is 31.1. The Hall–Kier alpha value is -0.430. The monoisotopic (exact) mass is 319 g/mol. The first-order chi connectivity index (χ1) is 7.98. The van der Waals surface area contributed by atoms with Gasteiger partial charge in [0.25, 0.3) is 0 Å². The smallest absolute Gasteiger partial charge is 0.211 e. The molecule has 1 saturated heterocycles. The zero-order chi connectivity index (χ0) is 12.5. The molecule has 1 aromatic rings. The van der Waals surface area contributed by atoms with Crippen LogP contribution in [0.25, 0.3) is 0 Å². The lowest BCUT2D eigenvalue weighted by Gasteiger charge is -2.31. The van der Waals surface area contributed by atoms with E-state index in [9.17, 15) is 8.42 Å². The second kappa shape index (κ2) is 5.06. The molecule has 2 rings (SSSR count). The molecule has 1 atom stereocenters. The zero-order valence-electron chi connectivity index (χ0n) is 9.47. The summed E-state index contributed by atoms with van der Waals surface area (Å²) in [4.78, 5) is 0. The van der Waals surface area contributed by atoms with E-state index >= 15 is 0 Å². The van der Waals surface area contributed by atoms with Crippen LogP contribution in [0.4, 0.5) is 0 Å². The van der Waals surface area contributed by atoms with Crippen LogP contribution in [0.1, 0.15) is 11.7 Å². The SMILES string of the molecule is CS(=O)(=O)N1CCO[C@H](c2ccccc2Br)C1. The lowest BCUT2D eigenvalue weighted by atomic mass is 10.1. The van der Waals surface area contributed by atoms with Crippen LogP contribution >= 0.6 is 15.9 Å². The van der Waals surface area contributed by atoms with Crippen LogP contribution in [0.5, 0.6) is 0 Å². The number of rotatable bonds is 2. The van der Waals surface area contributed by atoms with Gasteiger partial charge >= 0.3 is 0 Å². The van der Waals surface area contributed by atoms with Gasteiger partial charge in [-0.2, -0.15) is 4.31 Å². The van der Waals surface area contributed by atoms with E-state index in [4.69, 9.17) is 4.74 Å². The number of hydrogen-bond acceptors (Lipinski definition) is 3. The van der Waals surface area contributed by atoms with E-state index in [0.29, 0.717) is 19.7 Å². The third-order valence-electron chi connectivity index (χ3n) is 2.75. The molecule has 6 heteroatoms. The number of nitrogens with zero attached hydrogens (tertiary/aromatic N) is 1. The fraction of sp³-hybridized carbons (Fsp3) is 0.455. The van der Waals surface area contributed by atoms with E-state index in [1.165, 1.54) is 10.6 Å². The minimum Gasteiger partial charge on any atom is -0.371 e. The Kier molecular flexibility index (Phi) is 3.87. The summed E-state index contributed by atoms with van der Waals surface area (Å²) in [5.74, 6) is 0. The lowest BCUT2D eigenvalue weighted by Crippen LogP contribution is -2.41. The molecule has 4 nitrogen and oxygen atoms in total. The van der Waals surface area contributed by atoms with Gasteiger partial charge in [0, 0.05) is 17.6 Å². The first kappa shape index (κ1) is 13.0. The summed E-state index contributed by atoms with van der Waals surface area (Å²) in [5, 5.41) is 0. The van der Waals surface area contributed by atoms with E-state index in [1.807, 2.05) is 24.3 Å². The van der Waals surface area contributed by atoms with Crippen LogP contribution in [0.15, 0.2) is 28.7 Å². The molecule has 1 fully saturated rings. The van der Waals surface area contributed by atoms with Crippen molar-refractivity contribution >= 4 is 26.0 Å². The number of halogens is 1. The molecule has 1 heterocycles. The predicted molar refractivity (Wildman–Crippen MR) is 69.3 cm³/mol. The minimum atomic E-state index is -3.14. The third-order valence-corrected chi connectivity index (χ3v) is 4.74. The van der Waals surface area contributed by atoms with Crippen molar-refractivity contribution in [2.45, 2.75) is 6.10 Å². The van der Waals surface area contributed by atoms with E-state index in [0.717, 1.165) is 10.0 Å². The van der Waals surface area contributed by atoms with E-state index < -0.39 is 10.0 Å². The van der Waals surface area contributed by atoms with Crippen LogP contribution in [-0.4, -0.2) is 38.7 Å². The Morgan fingerprint density at radius 1 is 1.41 bits per heavy atom. The molecular formula is C11H14BrNO3S. The number of morpholine rings is 1. The highest BCUT2D eigenvalue weighted by atomic mass is 79.9. The normalized spacial score (nSPS) is 22.6. The van der Waals surface area contributed by atoms with Gasteiger partial charge in [-0.1, -0.05) is 34.1 Å². The van der Waals surface area contributed by atoms with Crippen LogP contribution < -0.4 is 0 Å². The second-order valence-electron chi connectivity index (χ2n) is 4.00. The van der Waals surface area contributed by atoms with Crippen LogP contribution in [-0.2, 0) is 14.8 Å². The summed E-state index contributed by atoms with van der Waals surface area (Å²) in [5.41, 5.74) is 0.987. The standard InChI is InChI=1S/C11H14BrNO3S/c1-17(14,15)13-6-7-16-11(8-13)9-4-2-3-5-10(9)12/h2-5,11H,6-8H2,1H3/t11-/m0/s1. The van der Waals surface area contributed by atoms with Gasteiger partial charge in [0.05, 0.1) is 19.0 Å². The molecule has 17 heavy (non-hydrogen) atoms. The lowest BCUT2D eigenvalue weighted by molar-refractivity contribution is -0.00273. The third kappa shape index (κ3) is 3.07. The van der Waals surface area contributed by atoms with Gasteiger partial charge in [-0.3, -0.25) is 0 Å². The largest absolute Gasteiger partial charge is 0.371 e. The molecule has 0 N–H and O–H groups in total. The number of benzene rings is 1. The summed E-state index contributed by atoms with van der Waals surface area (Å²) in [7, 11) is -3.14. The van der Waals surface area contributed by atoms with Crippen molar-refractivity contribution in [1.82, 2.24) is 4.31 Å².